The van der Waals surface area contributed by atoms with Crippen LogP contribution in [0, 0.1) is 0 Å². The maximum atomic E-state index is 12.4. The van der Waals surface area contributed by atoms with Crippen molar-refractivity contribution in [2.24, 2.45) is 0 Å². The first-order valence-corrected chi connectivity index (χ1v) is 27.4. The van der Waals surface area contributed by atoms with Crippen molar-refractivity contribution in [3.63, 3.8) is 0 Å². The number of carboxylic acids is 1. The van der Waals surface area contributed by atoms with Crippen LogP contribution in [0.4, 0.5) is 0 Å². The Hall–Kier alpha value is -3.03. The molecule has 4 heterocycles. The van der Waals surface area contributed by atoms with Crippen LogP contribution in [0.25, 0.3) is 21.4 Å². The number of fused-ring (bicyclic) bond motifs is 2. The number of esters is 1. The molecule has 0 saturated carbocycles. The fraction of sp³-hybridized carbons (Fsp3) is 0.611. The summed E-state index contributed by atoms with van der Waals surface area (Å²) >= 11 is 3.23. The molecule has 0 spiro atoms. The summed E-state index contributed by atoms with van der Waals surface area (Å²) in [5.74, 6) is -1.33. The van der Waals surface area contributed by atoms with Crippen molar-refractivity contribution in [3.05, 3.63) is 44.7 Å². The molecule has 0 fully saturated rings. The molecule has 2 aliphatic carbocycles. The minimum atomic E-state index is -1.13. The lowest BCUT2D eigenvalue weighted by Gasteiger charge is -2.15. The van der Waals surface area contributed by atoms with E-state index in [-0.39, 0.29) is 18.3 Å². The molecule has 284 valence electrons. The lowest BCUT2D eigenvalue weighted by atomic mass is 10.0. The number of aromatic nitrogens is 6. The van der Waals surface area contributed by atoms with Gasteiger partial charge in [0.25, 0.3) is 0 Å². The van der Waals surface area contributed by atoms with E-state index in [2.05, 4.69) is 54.5 Å². The van der Waals surface area contributed by atoms with E-state index in [9.17, 15) is 14.7 Å². The molecule has 0 amide bonds. The summed E-state index contributed by atoms with van der Waals surface area (Å²) in [5.41, 5.74) is 4.01. The van der Waals surface area contributed by atoms with E-state index in [1.165, 1.54) is 29.0 Å². The normalized spacial score (nSPS) is 14.4. The zero-order valence-electron chi connectivity index (χ0n) is 31.7. The highest BCUT2D eigenvalue weighted by Crippen LogP contribution is 2.35. The monoisotopic (exact) mass is 786 g/mol. The highest BCUT2D eigenvalue weighted by Gasteiger charge is 2.26. The molecule has 0 bridgehead atoms. The predicted molar refractivity (Wildman–Crippen MR) is 211 cm³/mol. The molecule has 12 nitrogen and oxygen atoms in total. The standard InChI is InChI=1S/C19H29N3O3SSi.C17H25N3O3SSi/c1-5-25-19(23)14-12-22(13-24-10-11-27(2,3)4)21-17(14)18-20-15-8-6-7-9-16(15)26-18;1-25(2,3)9-8-23-11-20-10-12(17(21)22)15(19-20)16-18-13-6-4-5-7-14(13)24-16/h12H,5-11,13H2,1-4H3;10H,4-9,11H2,1-3H3,(H,21,22). The second kappa shape index (κ2) is 17.9. The van der Waals surface area contributed by atoms with Gasteiger partial charge in [0.15, 0.2) is 0 Å². The van der Waals surface area contributed by atoms with Gasteiger partial charge in [0.05, 0.1) is 18.0 Å². The van der Waals surface area contributed by atoms with Crippen LogP contribution < -0.4 is 0 Å². The molecule has 52 heavy (non-hydrogen) atoms. The molecule has 0 unspecified atom stereocenters. The van der Waals surface area contributed by atoms with Gasteiger partial charge in [0.2, 0.25) is 0 Å². The van der Waals surface area contributed by atoms with E-state index in [1.54, 1.807) is 44.4 Å². The summed E-state index contributed by atoms with van der Waals surface area (Å²) in [6.45, 7) is 18.0. The van der Waals surface area contributed by atoms with Gasteiger partial charge < -0.3 is 19.3 Å². The summed E-state index contributed by atoms with van der Waals surface area (Å²) in [6, 6.07) is 2.18. The van der Waals surface area contributed by atoms with Crippen LogP contribution in [-0.4, -0.2) is 82.5 Å². The number of hydrogen-bond acceptors (Lipinski definition) is 11. The average Bonchev–Trinajstić information content (AvgIpc) is 3.88. The molecular weight excluding hydrogens is 733 g/mol. The van der Waals surface area contributed by atoms with Crippen LogP contribution in [0.2, 0.25) is 51.4 Å². The molecule has 2 aliphatic rings. The van der Waals surface area contributed by atoms with Crippen molar-refractivity contribution in [1.29, 1.82) is 0 Å². The van der Waals surface area contributed by atoms with Gasteiger partial charge >= 0.3 is 11.9 Å². The number of nitrogens with zero attached hydrogens (tertiary/aromatic N) is 6. The minimum absolute atomic E-state index is 0.194. The van der Waals surface area contributed by atoms with E-state index >= 15 is 0 Å². The SMILES string of the molecule is CCOC(=O)c1cn(COCC[Si](C)(C)C)nc1-c1nc2c(s1)CCCC2.C[Si](C)(C)CCOCn1cc(C(=O)O)c(-c2nc3c(s2)CCCC3)n1. The Bertz CT molecular complexity index is 1770. The fourth-order valence-electron chi connectivity index (χ4n) is 5.79. The number of aryl methyl sites for hydroxylation is 4. The average molecular weight is 787 g/mol. The van der Waals surface area contributed by atoms with E-state index in [0.717, 1.165) is 60.6 Å². The van der Waals surface area contributed by atoms with Gasteiger partial charge in [-0.3, -0.25) is 0 Å². The Kier molecular flexibility index (Phi) is 13.8. The van der Waals surface area contributed by atoms with Crippen molar-refractivity contribution >= 4 is 50.8 Å². The Morgan fingerprint density at radius 1 is 0.731 bits per heavy atom. The smallest absolute Gasteiger partial charge is 0.342 e. The van der Waals surface area contributed by atoms with Crippen molar-refractivity contribution in [1.82, 2.24) is 29.5 Å². The lowest BCUT2D eigenvalue weighted by Crippen LogP contribution is -2.22. The molecule has 0 radical (unpaired) electrons. The Morgan fingerprint density at radius 3 is 1.60 bits per heavy atom. The third kappa shape index (κ3) is 11.2. The van der Waals surface area contributed by atoms with Crippen LogP contribution >= 0.6 is 22.7 Å². The van der Waals surface area contributed by atoms with E-state index in [1.807, 2.05) is 6.92 Å². The summed E-state index contributed by atoms with van der Waals surface area (Å²) in [7, 11) is -2.26. The largest absolute Gasteiger partial charge is 0.478 e. The Balaban J connectivity index is 0.000000202. The molecule has 1 N–H and O–H groups in total. The first-order chi connectivity index (χ1) is 24.7. The lowest BCUT2D eigenvalue weighted by molar-refractivity contribution is 0.0525. The number of ether oxygens (including phenoxy) is 3. The maximum Gasteiger partial charge on any atom is 0.342 e. The molecule has 0 saturated heterocycles. The molecule has 6 rings (SSSR count). The van der Waals surface area contributed by atoms with Crippen molar-refractivity contribution < 1.29 is 28.9 Å². The first-order valence-electron chi connectivity index (χ1n) is 18.4. The second-order valence-corrected chi connectivity index (χ2v) is 29.2. The maximum absolute atomic E-state index is 12.4. The van der Waals surface area contributed by atoms with E-state index in [0.29, 0.717) is 48.5 Å². The molecule has 16 heteroatoms. The minimum Gasteiger partial charge on any atom is -0.478 e. The summed E-state index contributed by atoms with van der Waals surface area (Å²) in [4.78, 5) is 36.0. The number of carbonyl (C=O) groups excluding carboxylic acids is 1. The summed E-state index contributed by atoms with van der Waals surface area (Å²) in [6.07, 6.45) is 12.1. The number of rotatable bonds is 15. The quantitative estimate of drug-likeness (QED) is 0.0711. The second-order valence-electron chi connectivity index (χ2n) is 15.8. The number of carboxylic acid groups (broad SMARTS) is 1. The van der Waals surface area contributed by atoms with E-state index < -0.39 is 22.1 Å². The van der Waals surface area contributed by atoms with Gasteiger partial charge in [-0.1, -0.05) is 39.3 Å². The van der Waals surface area contributed by atoms with Gasteiger partial charge in [-0.05, 0) is 70.4 Å². The van der Waals surface area contributed by atoms with Crippen LogP contribution in [0.5, 0.6) is 0 Å². The van der Waals surface area contributed by atoms with Gasteiger partial charge in [-0.2, -0.15) is 10.2 Å². The van der Waals surface area contributed by atoms with Crippen LogP contribution in [0.1, 0.15) is 74.5 Å². The number of aromatic carboxylic acids is 1. The number of hydrogen-bond donors (Lipinski definition) is 1. The molecular formula is C36H54N6O6S2Si2. The third-order valence-corrected chi connectivity index (χ3v) is 14.5. The van der Waals surface area contributed by atoms with E-state index in [4.69, 9.17) is 19.2 Å². The summed E-state index contributed by atoms with van der Waals surface area (Å²) < 4.78 is 20.0. The molecule has 4 aromatic rings. The van der Waals surface area contributed by atoms with Crippen molar-refractivity contribution in [3.8, 4) is 21.4 Å². The number of thiazole rings is 2. The highest BCUT2D eigenvalue weighted by molar-refractivity contribution is 7.15. The summed E-state index contributed by atoms with van der Waals surface area (Å²) in [5, 5.41) is 20.1. The Morgan fingerprint density at radius 2 is 1.17 bits per heavy atom. The van der Waals surface area contributed by atoms with Gasteiger partial charge in [0, 0.05) is 51.5 Å². The van der Waals surface area contributed by atoms with Crippen molar-refractivity contribution in [2.45, 2.75) is 123 Å². The van der Waals surface area contributed by atoms with Gasteiger partial charge in [0.1, 0.15) is 46.0 Å². The predicted octanol–water partition coefficient (Wildman–Crippen LogP) is 8.27. The highest BCUT2D eigenvalue weighted by atomic mass is 32.1. The zero-order chi connectivity index (χ0) is 37.5. The Labute approximate surface area is 317 Å². The third-order valence-electron chi connectivity index (χ3n) is 8.79. The van der Waals surface area contributed by atoms with Crippen LogP contribution in [0.3, 0.4) is 0 Å². The topological polar surface area (TPSA) is 143 Å². The zero-order valence-corrected chi connectivity index (χ0v) is 35.4. The first kappa shape index (κ1) is 40.2. The molecule has 4 aromatic heterocycles. The molecule has 0 aliphatic heterocycles. The van der Waals surface area contributed by atoms with Crippen LogP contribution in [-0.2, 0) is 53.4 Å². The van der Waals surface area contributed by atoms with Crippen LogP contribution in [0.15, 0.2) is 12.4 Å². The molecule has 0 aromatic carbocycles. The van der Waals surface area contributed by atoms with Crippen molar-refractivity contribution in [2.75, 3.05) is 19.8 Å². The van der Waals surface area contributed by atoms with Gasteiger partial charge in [-0.25, -0.2) is 28.9 Å². The fourth-order valence-corrected chi connectivity index (χ4v) is 9.60. The number of carbonyl (C=O) groups is 2. The van der Waals surface area contributed by atoms with Gasteiger partial charge in [-0.15, -0.1) is 22.7 Å². The molecule has 0 atom stereocenters.